The summed E-state index contributed by atoms with van der Waals surface area (Å²) in [4.78, 5) is 7.44. The van der Waals surface area contributed by atoms with Gasteiger partial charge in [-0.25, -0.2) is 0 Å². The fourth-order valence-electron chi connectivity index (χ4n) is 3.18. The lowest BCUT2D eigenvalue weighted by atomic mass is 9.96. The van der Waals surface area contributed by atoms with Crippen LogP contribution in [0.15, 0.2) is 12.1 Å². The van der Waals surface area contributed by atoms with Crippen molar-refractivity contribution in [3.8, 4) is 0 Å². The molecule has 3 nitrogen and oxygen atoms in total. The Kier molecular flexibility index (Phi) is 4.14. The minimum absolute atomic E-state index is 0.566. The minimum Gasteiger partial charge on any atom is -0.381 e. The van der Waals surface area contributed by atoms with Gasteiger partial charge in [0.15, 0.2) is 0 Å². The SMILES string of the molecule is CCc1ccc([C@@H]2CCOC2)c(CN2CCCC2)n1. The van der Waals surface area contributed by atoms with E-state index < -0.39 is 0 Å². The minimum atomic E-state index is 0.566. The van der Waals surface area contributed by atoms with Crippen LogP contribution in [0.25, 0.3) is 0 Å². The first-order valence-electron chi connectivity index (χ1n) is 7.65. The van der Waals surface area contributed by atoms with E-state index in [0.717, 1.165) is 32.6 Å². The van der Waals surface area contributed by atoms with Crippen LogP contribution in [-0.4, -0.2) is 36.2 Å². The molecule has 0 radical (unpaired) electrons. The average Bonchev–Trinajstić information content (AvgIpc) is 3.11. The fourth-order valence-corrected chi connectivity index (χ4v) is 3.18. The molecule has 0 N–H and O–H groups in total. The van der Waals surface area contributed by atoms with Gasteiger partial charge in [-0.2, -0.15) is 0 Å². The normalized spacial score (nSPS) is 24.2. The summed E-state index contributed by atoms with van der Waals surface area (Å²) in [6, 6.07) is 4.50. The highest BCUT2D eigenvalue weighted by Gasteiger charge is 2.23. The van der Waals surface area contributed by atoms with Crippen molar-refractivity contribution >= 4 is 0 Å². The van der Waals surface area contributed by atoms with Crippen molar-refractivity contribution in [1.82, 2.24) is 9.88 Å². The number of hydrogen-bond donors (Lipinski definition) is 0. The van der Waals surface area contributed by atoms with E-state index in [2.05, 4.69) is 24.0 Å². The second kappa shape index (κ2) is 6.02. The number of aryl methyl sites for hydroxylation is 1. The van der Waals surface area contributed by atoms with Crippen molar-refractivity contribution in [2.75, 3.05) is 26.3 Å². The van der Waals surface area contributed by atoms with E-state index in [1.165, 1.54) is 42.9 Å². The summed E-state index contributed by atoms with van der Waals surface area (Å²) >= 11 is 0. The molecule has 2 fully saturated rings. The van der Waals surface area contributed by atoms with E-state index in [1.54, 1.807) is 0 Å². The molecule has 19 heavy (non-hydrogen) atoms. The standard InChI is InChI=1S/C16H24N2O/c1-2-14-5-6-15(13-7-10-19-12-13)16(17-14)11-18-8-3-4-9-18/h5-6,13H,2-4,7-12H2,1H3/t13-/m1/s1. The Balaban J connectivity index is 1.83. The quantitative estimate of drug-likeness (QED) is 0.832. The summed E-state index contributed by atoms with van der Waals surface area (Å²) in [7, 11) is 0. The Morgan fingerprint density at radius 1 is 1.32 bits per heavy atom. The van der Waals surface area contributed by atoms with Crippen LogP contribution < -0.4 is 0 Å². The van der Waals surface area contributed by atoms with Gasteiger partial charge >= 0.3 is 0 Å². The number of pyridine rings is 1. The molecule has 1 aromatic rings. The first-order valence-corrected chi connectivity index (χ1v) is 7.65. The molecule has 0 amide bonds. The Hall–Kier alpha value is -0.930. The third-order valence-corrected chi connectivity index (χ3v) is 4.37. The molecule has 0 saturated carbocycles. The predicted molar refractivity (Wildman–Crippen MR) is 76.3 cm³/mol. The summed E-state index contributed by atoms with van der Waals surface area (Å²) in [6.07, 6.45) is 4.86. The predicted octanol–water partition coefficient (Wildman–Crippen LogP) is 2.74. The van der Waals surface area contributed by atoms with Crippen molar-refractivity contribution < 1.29 is 4.74 Å². The lowest BCUT2D eigenvalue weighted by Gasteiger charge is -2.19. The fraction of sp³-hybridized carbons (Fsp3) is 0.688. The molecule has 2 aliphatic rings. The Labute approximate surface area is 116 Å². The van der Waals surface area contributed by atoms with Gasteiger partial charge in [-0.1, -0.05) is 13.0 Å². The molecule has 0 aromatic carbocycles. The highest BCUT2D eigenvalue weighted by molar-refractivity contribution is 5.28. The van der Waals surface area contributed by atoms with E-state index >= 15 is 0 Å². The van der Waals surface area contributed by atoms with Gasteiger partial charge in [0.2, 0.25) is 0 Å². The van der Waals surface area contributed by atoms with Crippen LogP contribution in [0.4, 0.5) is 0 Å². The second-order valence-electron chi connectivity index (χ2n) is 5.74. The molecule has 2 aliphatic heterocycles. The van der Waals surface area contributed by atoms with Crippen molar-refractivity contribution in [1.29, 1.82) is 0 Å². The molecule has 0 spiro atoms. The first kappa shape index (κ1) is 13.1. The van der Waals surface area contributed by atoms with Gasteiger partial charge in [0, 0.05) is 24.8 Å². The highest BCUT2D eigenvalue weighted by atomic mass is 16.5. The Morgan fingerprint density at radius 3 is 2.84 bits per heavy atom. The molecule has 2 saturated heterocycles. The monoisotopic (exact) mass is 260 g/mol. The van der Waals surface area contributed by atoms with E-state index in [0.29, 0.717) is 5.92 Å². The van der Waals surface area contributed by atoms with Crippen LogP contribution in [0, 0.1) is 0 Å². The van der Waals surface area contributed by atoms with E-state index in [9.17, 15) is 0 Å². The smallest absolute Gasteiger partial charge is 0.0582 e. The van der Waals surface area contributed by atoms with E-state index in [4.69, 9.17) is 9.72 Å². The van der Waals surface area contributed by atoms with Crippen LogP contribution in [0.2, 0.25) is 0 Å². The molecule has 1 atom stereocenters. The lowest BCUT2D eigenvalue weighted by Crippen LogP contribution is -2.21. The number of hydrogen-bond acceptors (Lipinski definition) is 3. The van der Waals surface area contributed by atoms with Crippen molar-refractivity contribution in [3.63, 3.8) is 0 Å². The number of ether oxygens (including phenoxy) is 1. The molecule has 3 rings (SSSR count). The number of aromatic nitrogens is 1. The van der Waals surface area contributed by atoms with E-state index in [1.807, 2.05) is 0 Å². The van der Waals surface area contributed by atoms with Crippen molar-refractivity contribution in [2.24, 2.45) is 0 Å². The number of rotatable bonds is 4. The molecular formula is C16H24N2O. The maximum Gasteiger partial charge on any atom is 0.0582 e. The highest BCUT2D eigenvalue weighted by Crippen LogP contribution is 2.28. The van der Waals surface area contributed by atoms with Crippen molar-refractivity contribution in [3.05, 3.63) is 29.1 Å². The van der Waals surface area contributed by atoms with Crippen LogP contribution >= 0.6 is 0 Å². The topological polar surface area (TPSA) is 25.4 Å². The summed E-state index contributed by atoms with van der Waals surface area (Å²) in [5, 5.41) is 0. The molecule has 3 heterocycles. The first-order chi connectivity index (χ1) is 9.36. The van der Waals surface area contributed by atoms with Gasteiger partial charge in [-0.05, 0) is 50.4 Å². The van der Waals surface area contributed by atoms with Crippen LogP contribution in [0.5, 0.6) is 0 Å². The average molecular weight is 260 g/mol. The Morgan fingerprint density at radius 2 is 2.16 bits per heavy atom. The van der Waals surface area contributed by atoms with Gasteiger partial charge in [0.1, 0.15) is 0 Å². The zero-order chi connectivity index (χ0) is 13.1. The summed E-state index contributed by atoms with van der Waals surface area (Å²) in [5.74, 6) is 0.566. The van der Waals surface area contributed by atoms with E-state index in [-0.39, 0.29) is 0 Å². The van der Waals surface area contributed by atoms with Gasteiger partial charge in [-0.3, -0.25) is 9.88 Å². The van der Waals surface area contributed by atoms with Gasteiger partial charge < -0.3 is 4.74 Å². The van der Waals surface area contributed by atoms with Gasteiger partial charge in [0.05, 0.1) is 12.3 Å². The molecule has 104 valence electrons. The lowest BCUT2D eigenvalue weighted by molar-refractivity contribution is 0.193. The molecule has 1 aromatic heterocycles. The Bertz CT molecular complexity index is 421. The summed E-state index contributed by atoms with van der Waals surface area (Å²) in [6.45, 7) is 7.46. The van der Waals surface area contributed by atoms with Crippen LogP contribution in [-0.2, 0) is 17.7 Å². The number of nitrogens with zero attached hydrogens (tertiary/aromatic N) is 2. The maximum absolute atomic E-state index is 5.55. The third kappa shape index (κ3) is 2.98. The van der Waals surface area contributed by atoms with Gasteiger partial charge in [0.25, 0.3) is 0 Å². The van der Waals surface area contributed by atoms with Crippen LogP contribution in [0.3, 0.4) is 0 Å². The molecular weight excluding hydrogens is 236 g/mol. The molecule has 3 heteroatoms. The van der Waals surface area contributed by atoms with Crippen molar-refractivity contribution in [2.45, 2.75) is 45.1 Å². The number of likely N-dealkylation sites (tertiary alicyclic amines) is 1. The zero-order valence-corrected chi connectivity index (χ0v) is 11.9. The maximum atomic E-state index is 5.55. The molecule has 0 aliphatic carbocycles. The third-order valence-electron chi connectivity index (χ3n) is 4.37. The molecule has 0 bridgehead atoms. The zero-order valence-electron chi connectivity index (χ0n) is 11.9. The molecule has 0 unspecified atom stereocenters. The second-order valence-corrected chi connectivity index (χ2v) is 5.74. The largest absolute Gasteiger partial charge is 0.381 e. The van der Waals surface area contributed by atoms with Gasteiger partial charge in [-0.15, -0.1) is 0 Å². The summed E-state index contributed by atoms with van der Waals surface area (Å²) in [5.41, 5.74) is 3.95. The van der Waals surface area contributed by atoms with Crippen LogP contribution in [0.1, 0.15) is 49.1 Å². The summed E-state index contributed by atoms with van der Waals surface area (Å²) < 4.78 is 5.55.